The van der Waals surface area contributed by atoms with Gasteiger partial charge in [-0.05, 0) is 62.9 Å². The van der Waals surface area contributed by atoms with Crippen LogP contribution >= 0.6 is 56.8 Å². The molecule has 0 unspecified atom stereocenters. The van der Waals surface area contributed by atoms with Gasteiger partial charge in [0.15, 0.2) is 0 Å². The van der Waals surface area contributed by atoms with Crippen LogP contribution in [0.4, 0.5) is 0 Å². The highest BCUT2D eigenvalue weighted by Crippen LogP contribution is 2.26. The van der Waals surface area contributed by atoms with E-state index < -0.39 is 0 Å². The van der Waals surface area contributed by atoms with Crippen molar-refractivity contribution in [3.8, 4) is 5.75 Å². The molecule has 0 saturated carbocycles. The van der Waals surface area contributed by atoms with E-state index in [4.69, 9.17) is 16.3 Å². The first-order valence-electron chi connectivity index (χ1n) is 3.27. The second kappa shape index (κ2) is 4.85. The minimum Gasteiger partial charge on any atom is -0.497 e. The third kappa shape index (κ3) is 2.38. The van der Waals surface area contributed by atoms with Crippen molar-refractivity contribution in [3.63, 3.8) is 0 Å². The van der Waals surface area contributed by atoms with Crippen LogP contribution in [0.1, 0.15) is 5.56 Å². The van der Waals surface area contributed by atoms with E-state index in [1.54, 1.807) is 7.11 Å². The maximum absolute atomic E-state index is 5.78. The molecular weight excluding hydrogens is 401 g/mol. The average molecular weight is 408 g/mol. The van der Waals surface area contributed by atoms with Crippen LogP contribution in [-0.2, 0) is 5.88 Å². The van der Waals surface area contributed by atoms with E-state index in [2.05, 4.69) is 45.2 Å². The summed E-state index contributed by atoms with van der Waals surface area (Å²) >= 11 is 10.3. The smallest absolute Gasteiger partial charge is 0.120 e. The van der Waals surface area contributed by atoms with Gasteiger partial charge in [0, 0.05) is 13.0 Å². The van der Waals surface area contributed by atoms with Gasteiger partial charge < -0.3 is 4.74 Å². The predicted octanol–water partition coefficient (Wildman–Crippen LogP) is 3.64. The largest absolute Gasteiger partial charge is 0.497 e. The predicted molar refractivity (Wildman–Crippen MR) is 68.0 cm³/mol. The maximum Gasteiger partial charge on any atom is 0.120 e. The van der Waals surface area contributed by atoms with Gasteiger partial charge in [0.25, 0.3) is 0 Å². The number of hydrogen-bond acceptors (Lipinski definition) is 1. The number of ether oxygens (including phenoxy) is 1. The SMILES string of the molecule is COc1cc(I)c(CCl)c(I)c1. The molecular formula is C8H7ClI2O. The highest BCUT2D eigenvalue weighted by Gasteiger charge is 2.05. The summed E-state index contributed by atoms with van der Waals surface area (Å²) in [6, 6.07) is 3.97. The van der Waals surface area contributed by atoms with Crippen LogP contribution in [0.5, 0.6) is 5.75 Å². The molecule has 0 fully saturated rings. The lowest BCUT2D eigenvalue weighted by atomic mass is 10.2. The summed E-state index contributed by atoms with van der Waals surface area (Å²) in [4.78, 5) is 0. The average Bonchev–Trinajstić information content (AvgIpc) is 2.03. The number of hydrogen-bond donors (Lipinski definition) is 0. The molecule has 0 aliphatic carbocycles. The highest BCUT2D eigenvalue weighted by atomic mass is 127. The third-order valence-corrected chi connectivity index (χ3v) is 3.68. The third-order valence-electron chi connectivity index (χ3n) is 1.48. The molecule has 0 bridgehead atoms. The molecule has 4 heteroatoms. The van der Waals surface area contributed by atoms with Gasteiger partial charge in [0.1, 0.15) is 5.75 Å². The summed E-state index contributed by atoms with van der Waals surface area (Å²) < 4.78 is 7.44. The first-order chi connectivity index (χ1) is 5.69. The summed E-state index contributed by atoms with van der Waals surface area (Å²) in [5, 5.41) is 0. The van der Waals surface area contributed by atoms with Crippen LogP contribution in [0.15, 0.2) is 12.1 Å². The Morgan fingerprint density at radius 2 is 1.83 bits per heavy atom. The van der Waals surface area contributed by atoms with Crippen molar-refractivity contribution in [2.75, 3.05) is 7.11 Å². The lowest BCUT2D eigenvalue weighted by molar-refractivity contribution is 0.414. The topological polar surface area (TPSA) is 9.23 Å². The number of rotatable bonds is 2. The molecule has 0 atom stereocenters. The monoisotopic (exact) mass is 408 g/mol. The van der Waals surface area contributed by atoms with Gasteiger partial charge in [0.05, 0.1) is 7.11 Å². The molecule has 0 N–H and O–H groups in total. The Balaban J connectivity index is 3.18. The van der Waals surface area contributed by atoms with Crippen molar-refractivity contribution in [2.45, 2.75) is 5.88 Å². The number of methoxy groups -OCH3 is 1. The molecule has 0 aliphatic rings. The lowest BCUT2D eigenvalue weighted by Crippen LogP contribution is -1.92. The summed E-state index contributed by atoms with van der Waals surface area (Å²) in [7, 11) is 1.67. The first-order valence-corrected chi connectivity index (χ1v) is 5.96. The Morgan fingerprint density at radius 3 is 2.17 bits per heavy atom. The van der Waals surface area contributed by atoms with E-state index in [9.17, 15) is 0 Å². The van der Waals surface area contributed by atoms with E-state index in [0.717, 1.165) is 12.9 Å². The van der Waals surface area contributed by atoms with Crippen molar-refractivity contribution in [3.05, 3.63) is 24.8 Å². The lowest BCUT2D eigenvalue weighted by Gasteiger charge is -2.06. The molecule has 1 aromatic carbocycles. The van der Waals surface area contributed by atoms with E-state index in [-0.39, 0.29) is 0 Å². The molecule has 0 aliphatic heterocycles. The van der Waals surface area contributed by atoms with Gasteiger partial charge in [-0.2, -0.15) is 0 Å². The normalized spacial score (nSPS) is 10.0. The molecule has 1 nitrogen and oxygen atoms in total. The Kier molecular flexibility index (Phi) is 4.39. The van der Waals surface area contributed by atoms with E-state index in [0.29, 0.717) is 5.88 Å². The molecule has 0 saturated heterocycles. The molecule has 1 rings (SSSR count). The molecule has 0 aromatic heterocycles. The zero-order valence-electron chi connectivity index (χ0n) is 6.40. The Morgan fingerprint density at radius 1 is 1.33 bits per heavy atom. The van der Waals surface area contributed by atoms with Crippen molar-refractivity contribution in [2.24, 2.45) is 0 Å². The number of alkyl halides is 1. The summed E-state index contributed by atoms with van der Waals surface area (Å²) in [6.45, 7) is 0. The number of benzene rings is 1. The fourth-order valence-corrected chi connectivity index (χ4v) is 3.66. The molecule has 0 heterocycles. The minimum atomic E-state index is 0.556. The maximum atomic E-state index is 5.78. The van der Waals surface area contributed by atoms with E-state index in [1.807, 2.05) is 12.1 Å². The van der Waals surface area contributed by atoms with Crippen molar-refractivity contribution in [1.82, 2.24) is 0 Å². The Bertz CT molecular complexity index is 265. The Hall–Kier alpha value is 0.770. The molecule has 1 aromatic rings. The van der Waals surface area contributed by atoms with Crippen molar-refractivity contribution >= 4 is 56.8 Å². The van der Waals surface area contributed by atoms with Crippen LogP contribution in [-0.4, -0.2) is 7.11 Å². The first kappa shape index (κ1) is 10.8. The van der Waals surface area contributed by atoms with Crippen molar-refractivity contribution in [1.29, 1.82) is 0 Å². The molecule has 66 valence electrons. The van der Waals surface area contributed by atoms with E-state index in [1.165, 1.54) is 5.56 Å². The fraction of sp³-hybridized carbons (Fsp3) is 0.250. The van der Waals surface area contributed by atoms with Crippen LogP contribution in [0.2, 0.25) is 0 Å². The summed E-state index contributed by atoms with van der Waals surface area (Å²) in [5.74, 6) is 1.44. The van der Waals surface area contributed by atoms with Gasteiger partial charge >= 0.3 is 0 Å². The molecule has 0 radical (unpaired) electrons. The molecule has 0 spiro atoms. The second-order valence-electron chi connectivity index (χ2n) is 2.20. The van der Waals surface area contributed by atoms with Crippen LogP contribution in [0, 0.1) is 7.14 Å². The fourth-order valence-electron chi connectivity index (χ4n) is 0.825. The highest BCUT2D eigenvalue weighted by molar-refractivity contribution is 14.1. The van der Waals surface area contributed by atoms with E-state index >= 15 is 0 Å². The minimum absolute atomic E-state index is 0.556. The van der Waals surface area contributed by atoms with Gasteiger partial charge in [0.2, 0.25) is 0 Å². The second-order valence-corrected chi connectivity index (χ2v) is 4.79. The van der Waals surface area contributed by atoms with Crippen LogP contribution in [0.25, 0.3) is 0 Å². The quantitative estimate of drug-likeness (QED) is 0.536. The van der Waals surface area contributed by atoms with Gasteiger partial charge in [-0.25, -0.2) is 0 Å². The number of halogens is 3. The van der Waals surface area contributed by atoms with Gasteiger partial charge in [-0.15, -0.1) is 11.6 Å². The zero-order valence-corrected chi connectivity index (χ0v) is 11.5. The van der Waals surface area contributed by atoms with Crippen LogP contribution < -0.4 is 4.74 Å². The zero-order chi connectivity index (χ0) is 9.14. The Labute approximate surface area is 104 Å². The van der Waals surface area contributed by atoms with Crippen molar-refractivity contribution < 1.29 is 4.74 Å². The van der Waals surface area contributed by atoms with Gasteiger partial charge in [-0.3, -0.25) is 0 Å². The molecule has 12 heavy (non-hydrogen) atoms. The molecule has 0 amide bonds. The standard InChI is InChI=1S/C8H7ClI2O/c1-12-5-2-7(10)6(4-9)8(11)3-5/h2-3H,4H2,1H3. The van der Waals surface area contributed by atoms with Crippen LogP contribution in [0.3, 0.4) is 0 Å². The summed E-state index contributed by atoms with van der Waals surface area (Å²) in [6.07, 6.45) is 0. The van der Waals surface area contributed by atoms with Gasteiger partial charge in [-0.1, -0.05) is 0 Å². The summed E-state index contributed by atoms with van der Waals surface area (Å²) in [5.41, 5.74) is 1.18.